The molecule has 21 heavy (non-hydrogen) atoms. The molecule has 1 aromatic carbocycles. The molecular formula is C15H10ClFN2O2. The summed E-state index contributed by atoms with van der Waals surface area (Å²) in [6.45, 7) is -0.288. The van der Waals surface area contributed by atoms with Gasteiger partial charge in [0.1, 0.15) is 12.4 Å². The largest absolute Gasteiger partial charge is 0.384 e. The summed E-state index contributed by atoms with van der Waals surface area (Å²) < 4.78 is 13.6. The van der Waals surface area contributed by atoms with Crippen LogP contribution in [0, 0.1) is 17.7 Å². The van der Waals surface area contributed by atoms with Gasteiger partial charge in [0.2, 0.25) is 0 Å². The topological polar surface area (TPSA) is 62.2 Å². The first-order valence-electron chi connectivity index (χ1n) is 5.91. The zero-order valence-electron chi connectivity index (χ0n) is 10.7. The number of hydrogen-bond acceptors (Lipinski definition) is 3. The molecular weight excluding hydrogens is 295 g/mol. The predicted octanol–water partition coefficient (Wildman–Crippen LogP) is 2.47. The maximum absolute atomic E-state index is 13.6. The Morgan fingerprint density at radius 1 is 1.38 bits per heavy atom. The van der Waals surface area contributed by atoms with E-state index in [9.17, 15) is 9.18 Å². The molecule has 0 radical (unpaired) electrons. The van der Waals surface area contributed by atoms with E-state index in [4.69, 9.17) is 16.7 Å². The van der Waals surface area contributed by atoms with E-state index >= 15 is 0 Å². The highest BCUT2D eigenvalue weighted by Crippen LogP contribution is 2.20. The van der Waals surface area contributed by atoms with Gasteiger partial charge in [0.25, 0.3) is 5.91 Å². The number of aliphatic hydroxyl groups is 1. The average Bonchev–Trinajstić information content (AvgIpc) is 2.49. The second kappa shape index (κ2) is 6.84. The third-order valence-electron chi connectivity index (χ3n) is 2.49. The number of halogens is 2. The van der Waals surface area contributed by atoms with Crippen molar-refractivity contribution in [2.75, 3.05) is 11.9 Å². The number of nitrogens with zero attached hydrogens (tertiary/aromatic N) is 1. The molecule has 1 amide bonds. The van der Waals surface area contributed by atoms with E-state index in [-0.39, 0.29) is 17.9 Å². The molecule has 4 nitrogen and oxygen atoms in total. The Balaban J connectivity index is 2.22. The molecule has 1 aromatic heterocycles. The molecule has 2 rings (SSSR count). The number of nitrogens with one attached hydrogen (secondary N) is 1. The average molecular weight is 305 g/mol. The summed E-state index contributed by atoms with van der Waals surface area (Å²) in [6, 6.07) is 5.36. The summed E-state index contributed by atoms with van der Waals surface area (Å²) >= 11 is 5.76. The summed E-state index contributed by atoms with van der Waals surface area (Å²) in [5.74, 6) is 3.97. The number of anilines is 1. The van der Waals surface area contributed by atoms with Crippen molar-refractivity contribution in [2.45, 2.75) is 0 Å². The fourth-order valence-electron chi connectivity index (χ4n) is 1.56. The zero-order chi connectivity index (χ0) is 15.2. The summed E-state index contributed by atoms with van der Waals surface area (Å²) in [7, 11) is 0. The van der Waals surface area contributed by atoms with Crippen LogP contribution in [0.4, 0.5) is 10.1 Å². The van der Waals surface area contributed by atoms with Gasteiger partial charge in [0, 0.05) is 23.0 Å². The fraction of sp³-hybridized carbons (Fsp3) is 0.0667. The molecule has 6 heteroatoms. The van der Waals surface area contributed by atoms with E-state index < -0.39 is 11.7 Å². The quantitative estimate of drug-likeness (QED) is 0.838. The predicted molar refractivity (Wildman–Crippen MR) is 77.6 cm³/mol. The number of aromatic nitrogens is 1. The van der Waals surface area contributed by atoms with Gasteiger partial charge in [-0.15, -0.1) is 0 Å². The molecule has 1 heterocycles. The highest BCUT2D eigenvalue weighted by atomic mass is 35.5. The Bertz CT molecular complexity index is 738. The molecule has 0 aliphatic carbocycles. The Kier molecular flexibility index (Phi) is 4.88. The van der Waals surface area contributed by atoms with Crippen molar-refractivity contribution < 1.29 is 14.3 Å². The van der Waals surface area contributed by atoms with Crippen LogP contribution in [0.2, 0.25) is 5.02 Å². The Hall–Kier alpha value is -2.42. The van der Waals surface area contributed by atoms with Crippen LogP contribution < -0.4 is 5.32 Å². The van der Waals surface area contributed by atoms with Gasteiger partial charge in [-0.05, 0) is 24.3 Å². The van der Waals surface area contributed by atoms with Crippen molar-refractivity contribution >= 4 is 23.2 Å². The van der Waals surface area contributed by atoms with Gasteiger partial charge in [-0.3, -0.25) is 9.78 Å². The summed E-state index contributed by atoms with van der Waals surface area (Å²) in [5.41, 5.74) is 0.682. The van der Waals surface area contributed by atoms with Gasteiger partial charge in [-0.2, -0.15) is 0 Å². The Morgan fingerprint density at radius 2 is 2.19 bits per heavy atom. The van der Waals surface area contributed by atoms with Crippen molar-refractivity contribution in [3.8, 4) is 11.8 Å². The smallest absolute Gasteiger partial charge is 0.257 e. The number of aliphatic hydroxyl groups excluding tert-OH is 1. The number of pyridine rings is 1. The third kappa shape index (κ3) is 4.02. The van der Waals surface area contributed by atoms with Crippen LogP contribution in [-0.2, 0) is 0 Å². The van der Waals surface area contributed by atoms with E-state index in [0.717, 1.165) is 0 Å². The van der Waals surface area contributed by atoms with Gasteiger partial charge in [-0.1, -0.05) is 23.4 Å². The monoisotopic (exact) mass is 304 g/mol. The molecule has 2 N–H and O–H groups in total. The van der Waals surface area contributed by atoms with E-state index in [2.05, 4.69) is 22.1 Å². The minimum absolute atomic E-state index is 0.0145. The second-order valence-electron chi connectivity index (χ2n) is 4.00. The van der Waals surface area contributed by atoms with Crippen molar-refractivity contribution in [1.29, 1.82) is 0 Å². The molecule has 0 aliphatic heterocycles. The molecule has 0 spiro atoms. The van der Waals surface area contributed by atoms with Gasteiger partial charge < -0.3 is 10.4 Å². The molecule has 0 atom stereocenters. The van der Waals surface area contributed by atoms with Crippen LogP contribution in [0.25, 0.3) is 0 Å². The number of benzene rings is 1. The van der Waals surface area contributed by atoms with Crippen molar-refractivity contribution in [1.82, 2.24) is 4.98 Å². The number of carbonyl (C=O) groups excluding carboxylic acids is 1. The van der Waals surface area contributed by atoms with Crippen molar-refractivity contribution in [3.05, 3.63) is 58.6 Å². The van der Waals surface area contributed by atoms with Crippen LogP contribution in [0.5, 0.6) is 0 Å². The van der Waals surface area contributed by atoms with Gasteiger partial charge in [0.05, 0.1) is 11.3 Å². The number of amides is 1. The summed E-state index contributed by atoms with van der Waals surface area (Å²) in [4.78, 5) is 15.9. The molecule has 0 saturated heterocycles. The summed E-state index contributed by atoms with van der Waals surface area (Å²) in [6.07, 6.45) is 2.79. The molecule has 0 saturated carbocycles. The van der Waals surface area contributed by atoms with Crippen LogP contribution in [-0.4, -0.2) is 22.6 Å². The zero-order valence-corrected chi connectivity index (χ0v) is 11.5. The maximum atomic E-state index is 13.6. The van der Waals surface area contributed by atoms with Crippen molar-refractivity contribution in [3.63, 3.8) is 0 Å². The lowest BCUT2D eigenvalue weighted by molar-refractivity contribution is 0.102. The van der Waals surface area contributed by atoms with E-state index in [1.54, 1.807) is 0 Å². The highest BCUT2D eigenvalue weighted by Gasteiger charge is 2.10. The minimum Gasteiger partial charge on any atom is -0.384 e. The van der Waals surface area contributed by atoms with Gasteiger partial charge in [0.15, 0.2) is 0 Å². The van der Waals surface area contributed by atoms with Gasteiger partial charge in [-0.25, -0.2) is 4.39 Å². The lowest BCUT2D eigenvalue weighted by Gasteiger charge is -2.06. The van der Waals surface area contributed by atoms with Crippen LogP contribution in [0.3, 0.4) is 0 Å². The van der Waals surface area contributed by atoms with E-state index in [0.29, 0.717) is 10.6 Å². The van der Waals surface area contributed by atoms with Crippen LogP contribution in [0.1, 0.15) is 15.9 Å². The first kappa shape index (κ1) is 15.0. The van der Waals surface area contributed by atoms with E-state index in [1.165, 1.54) is 36.7 Å². The number of carbonyl (C=O) groups is 1. The van der Waals surface area contributed by atoms with Crippen LogP contribution in [0.15, 0.2) is 36.7 Å². The van der Waals surface area contributed by atoms with Crippen LogP contribution >= 0.6 is 11.6 Å². The first-order chi connectivity index (χ1) is 10.1. The van der Waals surface area contributed by atoms with Gasteiger partial charge >= 0.3 is 0 Å². The lowest BCUT2D eigenvalue weighted by atomic mass is 10.2. The second-order valence-corrected chi connectivity index (χ2v) is 4.44. The molecule has 2 aromatic rings. The normalized spacial score (nSPS) is 9.67. The lowest BCUT2D eigenvalue weighted by Crippen LogP contribution is -2.13. The van der Waals surface area contributed by atoms with Crippen molar-refractivity contribution in [2.24, 2.45) is 0 Å². The first-order valence-corrected chi connectivity index (χ1v) is 6.29. The number of rotatable bonds is 2. The summed E-state index contributed by atoms with van der Waals surface area (Å²) in [5, 5.41) is 11.4. The molecule has 0 unspecified atom stereocenters. The molecule has 0 fully saturated rings. The molecule has 0 aliphatic rings. The maximum Gasteiger partial charge on any atom is 0.257 e. The van der Waals surface area contributed by atoms with E-state index in [1.807, 2.05) is 0 Å². The molecule has 106 valence electrons. The fourth-order valence-corrected chi connectivity index (χ4v) is 1.73. The SMILES string of the molecule is O=C(Nc1cc(Cl)ccc1F)c1cncc(C#CCO)c1. The Labute approximate surface area is 125 Å². The number of hydrogen-bond donors (Lipinski definition) is 2. The molecule has 0 bridgehead atoms. The Morgan fingerprint density at radius 3 is 2.95 bits per heavy atom. The highest BCUT2D eigenvalue weighted by molar-refractivity contribution is 6.31. The standard InChI is InChI=1S/C15H10ClFN2O2/c16-12-3-4-13(17)14(7-12)19-15(21)11-6-10(2-1-5-20)8-18-9-11/h3-4,6-9,20H,5H2,(H,19,21). The third-order valence-corrected chi connectivity index (χ3v) is 2.72. The minimum atomic E-state index is -0.586.